The van der Waals surface area contributed by atoms with E-state index in [-0.39, 0.29) is 24.8 Å². The first-order valence-corrected chi connectivity index (χ1v) is 7.84. The molecule has 1 saturated carbocycles. The van der Waals surface area contributed by atoms with Crippen LogP contribution in [0.4, 0.5) is 5.69 Å². The predicted octanol–water partition coefficient (Wildman–Crippen LogP) is 1.75. The van der Waals surface area contributed by atoms with Gasteiger partial charge in [0, 0.05) is 13.0 Å². The maximum atomic E-state index is 12.3. The largest absolute Gasteiger partial charge is 0.479 e. The van der Waals surface area contributed by atoms with Gasteiger partial charge in [-0.05, 0) is 38.3 Å². The highest BCUT2D eigenvalue weighted by Crippen LogP contribution is 2.34. The van der Waals surface area contributed by atoms with Crippen molar-refractivity contribution in [1.29, 1.82) is 5.26 Å². The number of fused-ring (bicyclic) bond motifs is 1. The Hall–Kier alpha value is -2.55. The van der Waals surface area contributed by atoms with Gasteiger partial charge in [0.05, 0.1) is 11.8 Å². The quantitative estimate of drug-likeness (QED) is 0.918. The van der Waals surface area contributed by atoms with Crippen LogP contribution in [0.1, 0.15) is 32.6 Å². The summed E-state index contributed by atoms with van der Waals surface area (Å²) in [5.41, 5.74) is -0.0147. The second-order valence-corrected chi connectivity index (χ2v) is 6.06. The molecule has 6 nitrogen and oxygen atoms in total. The van der Waals surface area contributed by atoms with Crippen LogP contribution in [-0.2, 0) is 9.59 Å². The molecule has 1 atom stereocenters. The molecular weight excluding hydrogens is 294 g/mol. The number of amides is 2. The Morgan fingerprint density at radius 3 is 2.87 bits per heavy atom. The molecule has 1 aliphatic heterocycles. The molecule has 23 heavy (non-hydrogen) atoms. The Labute approximate surface area is 135 Å². The topological polar surface area (TPSA) is 82.4 Å². The van der Waals surface area contributed by atoms with E-state index in [1.54, 1.807) is 17.9 Å². The summed E-state index contributed by atoms with van der Waals surface area (Å²) in [7, 11) is 0. The van der Waals surface area contributed by atoms with E-state index in [1.165, 1.54) is 0 Å². The molecule has 120 valence electrons. The highest BCUT2D eigenvalue weighted by Gasteiger charge is 2.39. The third-order valence-electron chi connectivity index (χ3n) is 4.44. The highest BCUT2D eigenvalue weighted by atomic mass is 16.5. The van der Waals surface area contributed by atoms with Gasteiger partial charge >= 0.3 is 0 Å². The van der Waals surface area contributed by atoms with Gasteiger partial charge < -0.3 is 15.0 Å². The number of carbonyl (C=O) groups excluding carboxylic acids is 2. The van der Waals surface area contributed by atoms with E-state index in [9.17, 15) is 9.59 Å². The predicted molar refractivity (Wildman–Crippen MR) is 83.8 cm³/mol. The molecular formula is C17H19N3O3. The van der Waals surface area contributed by atoms with Crippen molar-refractivity contribution in [3.8, 4) is 11.8 Å². The number of rotatable bonds is 4. The smallest absolute Gasteiger partial charge is 0.267 e. The first-order valence-electron chi connectivity index (χ1n) is 7.84. The lowest BCUT2D eigenvalue weighted by molar-refractivity contribution is -0.126. The van der Waals surface area contributed by atoms with Gasteiger partial charge in [-0.15, -0.1) is 0 Å². The Balaban J connectivity index is 1.66. The van der Waals surface area contributed by atoms with Crippen LogP contribution in [-0.4, -0.2) is 30.0 Å². The van der Waals surface area contributed by atoms with Crippen LogP contribution in [0.2, 0.25) is 0 Å². The van der Waals surface area contributed by atoms with Crippen LogP contribution in [0.25, 0.3) is 0 Å². The fourth-order valence-electron chi connectivity index (χ4n) is 2.93. The van der Waals surface area contributed by atoms with E-state index < -0.39 is 11.6 Å². The van der Waals surface area contributed by atoms with Gasteiger partial charge in [0.15, 0.2) is 6.10 Å². The van der Waals surface area contributed by atoms with Gasteiger partial charge in [0.1, 0.15) is 11.3 Å². The maximum Gasteiger partial charge on any atom is 0.267 e. The number of benzene rings is 1. The van der Waals surface area contributed by atoms with E-state index in [0.29, 0.717) is 24.3 Å². The number of para-hydroxylation sites is 2. The third-order valence-corrected chi connectivity index (χ3v) is 4.44. The molecule has 0 saturated heterocycles. The molecule has 6 heteroatoms. The number of nitrogens with one attached hydrogen (secondary N) is 1. The number of nitriles is 1. The first kappa shape index (κ1) is 15.3. The molecule has 1 aliphatic carbocycles. The van der Waals surface area contributed by atoms with Crippen LogP contribution in [0.5, 0.6) is 5.75 Å². The van der Waals surface area contributed by atoms with E-state index in [2.05, 4.69) is 11.4 Å². The molecule has 1 aromatic carbocycles. The van der Waals surface area contributed by atoms with Gasteiger partial charge in [-0.3, -0.25) is 9.59 Å². The fourth-order valence-corrected chi connectivity index (χ4v) is 2.93. The van der Waals surface area contributed by atoms with E-state index in [4.69, 9.17) is 10.00 Å². The highest BCUT2D eigenvalue weighted by molar-refractivity contribution is 6.00. The van der Waals surface area contributed by atoms with Gasteiger partial charge in [0.2, 0.25) is 5.91 Å². The summed E-state index contributed by atoms with van der Waals surface area (Å²) in [5.74, 6) is 0.290. The van der Waals surface area contributed by atoms with Crippen molar-refractivity contribution in [3.63, 3.8) is 0 Å². The van der Waals surface area contributed by atoms with Crippen LogP contribution < -0.4 is 15.0 Å². The molecule has 0 aromatic heterocycles. The zero-order chi connectivity index (χ0) is 16.4. The van der Waals surface area contributed by atoms with Crippen LogP contribution in [0.3, 0.4) is 0 Å². The molecule has 1 fully saturated rings. The molecule has 1 unspecified atom stereocenters. The van der Waals surface area contributed by atoms with Crippen molar-refractivity contribution < 1.29 is 14.3 Å². The van der Waals surface area contributed by atoms with Gasteiger partial charge in [-0.2, -0.15) is 5.26 Å². The van der Waals surface area contributed by atoms with Crippen molar-refractivity contribution in [1.82, 2.24) is 5.32 Å². The molecule has 3 rings (SSSR count). The lowest BCUT2D eigenvalue weighted by atomic mass is 9.78. The number of carbonyl (C=O) groups is 2. The summed E-state index contributed by atoms with van der Waals surface area (Å²) < 4.78 is 5.57. The molecule has 0 spiro atoms. The van der Waals surface area contributed by atoms with Crippen LogP contribution in [0, 0.1) is 11.3 Å². The number of hydrogen-bond donors (Lipinski definition) is 1. The van der Waals surface area contributed by atoms with Gasteiger partial charge in [0.25, 0.3) is 5.91 Å². The molecule has 1 heterocycles. The van der Waals surface area contributed by atoms with E-state index in [1.807, 2.05) is 18.2 Å². The summed E-state index contributed by atoms with van der Waals surface area (Å²) >= 11 is 0. The lowest BCUT2D eigenvalue weighted by Gasteiger charge is -2.36. The van der Waals surface area contributed by atoms with Crippen LogP contribution >= 0.6 is 0 Å². The maximum absolute atomic E-state index is 12.3. The number of anilines is 1. The Kier molecular flexibility index (Phi) is 3.95. The van der Waals surface area contributed by atoms with Crippen molar-refractivity contribution in [2.24, 2.45) is 0 Å². The van der Waals surface area contributed by atoms with E-state index in [0.717, 1.165) is 6.42 Å². The Bertz CT molecular complexity index is 676. The number of hydrogen-bond acceptors (Lipinski definition) is 4. The SMILES string of the molecule is CC1Oc2ccccc2N(CCC(=O)NC2(C#N)CCC2)C1=O. The van der Waals surface area contributed by atoms with E-state index >= 15 is 0 Å². The minimum atomic E-state index is -0.697. The van der Waals surface area contributed by atoms with Gasteiger partial charge in [-0.25, -0.2) is 0 Å². The minimum absolute atomic E-state index is 0.157. The van der Waals surface area contributed by atoms with Crippen molar-refractivity contribution in [2.75, 3.05) is 11.4 Å². The third kappa shape index (κ3) is 2.87. The molecule has 0 radical (unpaired) electrons. The lowest BCUT2D eigenvalue weighted by Crippen LogP contribution is -2.53. The molecule has 2 amide bonds. The molecule has 0 bridgehead atoms. The average Bonchev–Trinajstić information content (AvgIpc) is 2.51. The second-order valence-electron chi connectivity index (χ2n) is 6.06. The second kappa shape index (κ2) is 5.92. The Morgan fingerprint density at radius 2 is 2.22 bits per heavy atom. The number of ether oxygens (including phenoxy) is 1. The summed E-state index contributed by atoms with van der Waals surface area (Å²) in [5, 5.41) is 12.0. The normalized spacial score (nSPS) is 21.5. The minimum Gasteiger partial charge on any atom is -0.479 e. The van der Waals surface area contributed by atoms with Gasteiger partial charge in [-0.1, -0.05) is 12.1 Å². The molecule has 1 N–H and O–H groups in total. The fraction of sp³-hybridized carbons (Fsp3) is 0.471. The molecule has 2 aliphatic rings. The van der Waals surface area contributed by atoms with Crippen molar-refractivity contribution >= 4 is 17.5 Å². The average molecular weight is 313 g/mol. The zero-order valence-corrected chi connectivity index (χ0v) is 13.0. The standard InChI is InChI=1S/C17H19N3O3/c1-12-16(22)20(13-5-2-3-6-14(13)23-12)10-7-15(21)19-17(11-18)8-4-9-17/h2-3,5-6,12H,4,7-10H2,1H3,(H,19,21). The summed E-state index contributed by atoms with van der Waals surface area (Å²) in [6.07, 6.45) is 1.96. The monoisotopic (exact) mass is 313 g/mol. The summed E-state index contributed by atoms with van der Waals surface area (Å²) in [6, 6.07) is 9.48. The summed E-state index contributed by atoms with van der Waals surface area (Å²) in [4.78, 5) is 26.0. The van der Waals surface area contributed by atoms with Crippen molar-refractivity contribution in [3.05, 3.63) is 24.3 Å². The zero-order valence-electron chi connectivity index (χ0n) is 13.0. The summed E-state index contributed by atoms with van der Waals surface area (Å²) in [6.45, 7) is 1.97. The van der Waals surface area contributed by atoms with Crippen molar-refractivity contribution in [2.45, 2.75) is 44.2 Å². The number of nitrogens with zero attached hydrogens (tertiary/aromatic N) is 2. The Morgan fingerprint density at radius 1 is 1.48 bits per heavy atom. The first-order chi connectivity index (χ1) is 11.0. The molecule has 1 aromatic rings. The van der Waals surface area contributed by atoms with Crippen LogP contribution in [0.15, 0.2) is 24.3 Å².